The van der Waals surface area contributed by atoms with E-state index in [2.05, 4.69) is 10.2 Å². The topological polar surface area (TPSA) is 52.7 Å². The zero-order valence-electron chi connectivity index (χ0n) is 11.1. The van der Waals surface area contributed by atoms with Crippen molar-refractivity contribution in [2.75, 3.05) is 39.3 Å². The molecule has 5 nitrogen and oxygen atoms in total. The molecular formula is C14H17ClN3O2-. The first kappa shape index (κ1) is 15.0. The van der Waals surface area contributed by atoms with E-state index in [0.717, 1.165) is 32.7 Å². The molecule has 3 rings (SSSR count). The van der Waals surface area contributed by atoms with Crippen molar-refractivity contribution < 1.29 is 22.0 Å². The van der Waals surface area contributed by atoms with Crippen LogP contribution in [-0.2, 0) is 0 Å². The van der Waals surface area contributed by atoms with Crippen LogP contribution in [0.15, 0.2) is 24.3 Å². The molecule has 0 aromatic heterocycles. The van der Waals surface area contributed by atoms with Crippen molar-refractivity contribution in [3.8, 4) is 0 Å². The minimum absolute atomic E-state index is 0. The lowest BCUT2D eigenvalue weighted by atomic mass is 10.1. The molecule has 2 aliphatic rings. The van der Waals surface area contributed by atoms with Crippen molar-refractivity contribution in [1.82, 2.24) is 15.1 Å². The molecule has 0 spiro atoms. The lowest BCUT2D eigenvalue weighted by molar-refractivity contribution is -0.0000277. The van der Waals surface area contributed by atoms with Crippen molar-refractivity contribution in [3.05, 3.63) is 35.4 Å². The first-order chi connectivity index (χ1) is 9.27. The first-order valence-corrected chi connectivity index (χ1v) is 6.65. The lowest BCUT2D eigenvalue weighted by Gasteiger charge is -2.28. The lowest BCUT2D eigenvalue weighted by Crippen LogP contribution is -3.00. The maximum Gasteiger partial charge on any atom is 0.261 e. The summed E-state index contributed by atoms with van der Waals surface area (Å²) in [7, 11) is 0. The van der Waals surface area contributed by atoms with Crippen LogP contribution in [0.4, 0.5) is 0 Å². The number of hydrogen-bond acceptors (Lipinski definition) is 4. The van der Waals surface area contributed by atoms with Gasteiger partial charge in [-0.25, -0.2) is 0 Å². The van der Waals surface area contributed by atoms with Crippen LogP contribution in [0.25, 0.3) is 0 Å². The smallest absolute Gasteiger partial charge is 0.261 e. The fraction of sp³-hybridized carbons (Fsp3) is 0.429. The summed E-state index contributed by atoms with van der Waals surface area (Å²) in [5.74, 6) is -0.313. The van der Waals surface area contributed by atoms with Crippen LogP contribution < -0.4 is 17.7 Å². The molecule has 108 valence electrons. The predicted molar refractivity (Wildman–Crippen MR) is 71.1 cm³/mol. The van der Waals surface area contributed by atoms with Gasteiger partial charge in [0.1, 0.15) is 0 Å². The molecule has 0 radical (unpaired) electrons. The van der Waals surface area contributed by atoms with Gasteiger partial charge in [-0.3, -0.25) is 19.4 Å². The van der Waals surface area contributed by atoms with Gasteiger partial charge < -0.3 is 17.7 Å². The molecule has 0 aliphatic carbocycles. The van der Waals surface area contributed by atoms with E-state index >= 15 is 0 Å². The highest BCUT2D eigenvalue weighted by Gasteiger charge is 2.34. The molecule has 0 bridgehead atoms. The summed E-state index contributed by atoms with van der Waals surface area (Å²) >= 11 is 0. The van der Waals surface area contributed by atoms with E-state index in [-0.39, 0.29) is 24.2 Å². The van der Waals surface area contributed by atoms with Crippen molar-refractivity contribution in [1.29, 1.82) is 0 Å². The molecule has 20 heavy (non-hydrogen) atoms. The zero-order valence-corrected chi connectivity index (χ0v) is 11.9. The summed E-state index contributed by atoms with van der Waals surface area (Å²) in [5.41, 5.74) is 1.07. The molecule has 0 unspecified atom stereocenters. The number of rotatable bonds is 3. The molecule has 1 saturated heterocycles. The van der Waals surface area contributed by atoms with E-state index < -0.39 is 0 Å². The normalized spacial score (nSPS) is 18.9. The van der Waals surface area contributed by atoms with Gasteiger partial charge >= 0.3 is 0 Å². The van der Waals surface area contributed by atoms with Crippen LogP contribution in [0.5, 0.6) is 0 Å². The molecule has 1 aromatic carbocycles. The highest BCUT2D eigenvalue weighted by molar-refractivity contribution is 6.21. The van der Waals surface area contributed by atoms with Gasteiger partial charge in [0.25, 0.3) is 11.8 Å². The Kier molecular flexibility index (Phi) is 4.75. The quantitative estimate of drug-likeness (QED) is 0.612. The number of carbonyl (C=O) groups is 2. The van der Waals surface area contributed by atoms with Crippen LogP contribution in [0.3, 0.4) is 0 Å². The van der Waals surface area contributed by atoms with Gasteiger partial charge in [-0.2, -0.15) is 0 Å². The minimum Gasteiger partial charge on any atom is -1.00 e. The predicted octanol–water partition coefficient (Wildman–Crippen LogP) is -2.81. The number of piperazine rings is 1. The van der Waals surface area contributed by atoms with Crippen LogP contribution in [0.2, 0.25) is 0 Å². The Hall–Kier alpha value is -1.43. The third-order valence-corrected chi connectivity index (χ3v) is 3.73. The summed E-state index contributed by atoms with van der Waals surface area (Å²) in [6.45, 7) is 5.13. The number of hydrogen-bond donors (Lipinski definition) is 1. The number of fused-ring (bicyclic) bond motifs is 1. The second kappa shape index (κ2) is 6.35. The van der Waals surface area contributed by atoms with Gasteiger partial charge in [-0.1, -0.05) is 12.1 Å². The Bertz CT molecular complexity index is 480. The Morgan fingerprint density at radius 2 is 1.50 bits per heavy atom. The van der Waals surface area contributed by atoms with Gasteiger partial charge in [0.05, 0.1) is 11.1 Å². The van der Waals surface area contributed by atoms with Gasteiger partial charge in [0.15, 0.2) is 0 Å². The standard InChI is InChI=1S/C14H17N3O2.ClH/c18-13-11-3-1-2-4-12(11)14(19)17(13)10-9-16-7-5-15-6-8-16;/h1-4,15H,5-10H2;1H/p-1. The molecule has 2 heterocycles. The zero-order chi connectivity index (χ0) is 13.2. The number of nitrogens with one attached hydrogen (secondary N) is 1. The maximum atomic E-state index is 12.2. The van der Waals surface area contributed by atoms with Crippen LogP contribution in [0, 0.1) is 0 Å². The second-order valence-electron chi connectivity index (χ2n) is 4.90. The largest absolute Gasteiger partial charge is 1.00 e. The average Bonchev–Trinajstić information content (AvgIpc) is 2.71. The molecule has 6 heteroatoms. The summed E-state index contributed by atoms with van der Waals surface area (Å²) in [5, 5.41) is 3.29. The van der Waals surface area contributed by atoms with E-state index in [9.17, 15) is 9.59 Å². The highest BCUT2D eigenvalue weighted by atomic mass is 35.5. The molecule has 0 saturated carbocycles. The van der Waals surface area contributed by atoms with E-state index in [1.165, 1.54) is 4.90 Å². The van der Waals surface area contributed by atoms with Gasteiger partial charge in [-0.05, 0) is 12.1 Å². The molecule has 2 aliphatic heterocycles. The monoisotopic (exact) mass is 294 g/mol. The molecule has 1 aromatic rings. The van der Waals surface area contributed by atoms with E-state index in [4.69, 9.17) is 0 Å². The Labute approximate surface area is 124 Å². The van der Waals surface area contributed by atoms with Crippen molar-refractivity contribution in [3.63, 3.8) is 0 Å². The van der Waals surface area contributed by atoms with Crippen LogP contribution in [0.1, 0.15) is 20.7 Å². The summed E-state index contributed by atoms with van der Waals surface area (Å²) in [6.07, 6.45) is 0. The summed E-state index contributed by atoms with van der Waals surface area (Å²) < 4.78 is 0. The van der Waals surface area contributed by atoms with Crippen molar-refractivity contribution in [2.24, 2.45) is 0 Å². The van der Waals surface area contributed by atoms with Crippen molar-refractivity contribution >= 4 is 11.8 Å². The van der Waals surface area contributed by atoms with Crippen molar-refractivity contribution in [2.45, 2.75) is 0 Å². The number of nitrogens with zero attached hydrogens (tertiary/aromatic N) is 2. The number of halogens is 1. The molecule has 2 amide bonds. The van der Waals surface area contributed by atoms with Crippen LogP contribution in [-0.4, -0.2) is 60.9 Å². The van der Waals surface area contributed by atoms with Gasteiger partial charge in [-0.15, -0.1) is 0 Å². The van der Waals surface area contributed by atoms with Crippen LogP contribution >= 0.6 is 0 Å². The first-order valence-electron chi connectivity index (χ1n) is 6.65. The Morgan fingerprint density at radius 3 is 2.05 bits per heavy atom. The van der Waals surface area contributed by atoms with E-state index in [0.29, 0.717) is 17.7 Å². The van der Waals surface area contributed by atoms with E-state index in [1.54, 1.807) is 24.3 Å². The summed E-state index contributed by atoms with van der Waals surface area (Å²) in [6, 6.07) is 7.04. The number of carbonyl (C=O) groups excluding carboxylic acids is 2. The summed E-state index contributed by atoms with van der Waals surface area (Å²) in [4.78, 5) is 28.0. The number of benzene rings is 1. The molecular weight excluding hydrogens is 278 g/mol. The molecule has 1 N–H and O–H groups in total. The SMILES string of the molecule is O=C1c2ccccc2C(=O)N1CCN1CCNCC1.[Cl-]. The fourth-order valence-corrected chi connectivity index (χ4v) is 2.62. The highest BCUT2D eigenvalue weighted by Crippen LogP contribution is 2.21. The minimum atomic E-state index is -0.157. The Balaban J connectivity index is 0.00000147. The average molecular weight is 295 g/mol. The molecule has 0 atom stereocenters. The maximum absolute atomic E-state index is 12.2. The fourth-order valence-electron chi connectivity index (χ4n) is 2.62. The third-order valence-electron chi connectivity index (χ3n) is 3.73. The Morgan fingerprint density at radius 1 is 0.950 bits per heavy atom. The second-order valence-corrected chi connectivity index (χ2v) is 4.90. The van der Waals surface area contributed by atoms with Gasteiger partial charge in [0.2, 0.25) is 0 Å². The number of amides is 2. The molecule has 1 fully saturated rings. The third kappa shape index (κ3) is 2.70. The number of imide groups is 1. The van der Waals surface area contributed by atoms with Gasteiger partial charge in [0, 0.05) is 39.3 Å². The van der Waals surface area contributed by atoms with E-state index in [1.807, 2.05) is 0 Å².